The molecule has 0 atom stereocenters. The molecule has 0 radical (unpaired) electrons. The molecule has 4 nitrogen and oxygen atoms in total. The van der Waals surface area contributed by atoms with Crippen LogP contribution in [0.15, 0.2) is 29.2 Å². The molecule has 156 valence electrons. The summed E-state index contributed by atoms with van der Waals surface area (Å²) in [6, 6.07) is 6.04. The van der Waals surface area contributed by atoms with E-state index >= 15 is 0 Å². The Morgan fingerprint density at radius 1 is 0.750 bits per heavy atom. The van der Waals surface area contributed by atoms with E-state index < -0.39 is 10.1 Å². The average Bonchev–Trinajstić information content (AvgIpc) is 2.64. The molecule has 0 bridgehead atoms. The van der Waals surface area contributed by atoms with E-state index in [1.807, 2.05) is 0 Å². The second-order valence-electron chi connectivity index (χ2n) is 7.35. The predicted molar refractivity (Wildman–Crippen MR) is 110 cm³/mol. The van der Waals surface area contributed by atoms with E-state index in [9.17, 15) is 13.0 Å². The zero-order valence-corrected chi connectivity index (χ0v) is 20.8. The number of benzene rings is 1. The van der Waals surface area contributed by atoms with E-state index in [1.54, 1.807) is 6.07 Å². The molecule has 0 aromatic heterocycles. The summed E-state index contributed by atoms with van der Waals surface area (Å²) in [7, 11) is -4.48. The van der Waals surface area contributed by atoms with Crippen molar-refractivity contribution in [2.45, 2.75) is 102 Å². The molecule has 0 amide bonds. The smallest absolute Gasteiger partial charge is 0.744 e. The zero-order valence-electron chi connectivity index (χ0n) is 18.0. The Balaban J connectivity index is 0.00000729. The minimum absolute atomic E-state index is 0. The van der Waals surface area contributed by atoms with Gasteiger partial charge in [0.2, 0.25) is 0 Å². The Labute approximate surface area is 194 Å². The Morgan fingerprint density at radius 3 is 1.64 bits per heavy atom. The standard InChI is InChI=1S/C22H38O4S.Na/c1-2-3-4-5-6-7-8-9-10-11-12-13-14-17-20-26-21-18-15-16-19-22(21)27(23,24)25;/h15-16,18-19H,2-14,17,20H2,1H3,(H,23,24,25);/q;+1/p-1. The van der Waals surface area contributed by atoms with Crippen LogP contribution in [0.1, 0.15) is 96.8 Å². The predicted octanol–water partition coefficient (Wildman–Crippen LogP) is 3.45. The van der Waals surface area contributed by atoms with Gasteiger partial charge in [0.05, 0.1) is 11.5 Å². The second kappa shape index (κ2) is 17.8. The molecule has 1 rings (SSSR count). The molecule has 0 aliphatic carbocycles. The van der Waals surface area contributed by atoms with Gasteiger partial charge in [0, 0.05) is 0 Å². The van der Waals surface area contributed by atoms with Crippen molar-refractivity contribution in [3.05, 3.63) is 24.3 Å². The first kappa shape index (κ1) is 27.9. The van der Waals surface area contributed by atoms with Crippen molar-refractivity contribution >= 4 is 10.1 Å². The molecule has 1 aromatic rings. The van der Waals surface area contributed by atoms with Crippen LogP contribution in [-0.4, -0.2) is 19.6 Å². The van der Waals surface area contributed by atoms with Gasteiger partial charge in [-0.3, -0.25) is 0 Å². The second-order valence-corrected chi connectivity index (χ2v) is 8.69. The van der Waals surface area contributed by atoms with Gasteiger partial charge < -0.3 is 9.29 Å². The molecule has 0 heterocycles. The number of ether oxygens (including phenoxy) is 1. The number of hydrogen-bond acceptors (Lipinski definition) is 4. The quantitative estimate of drug-likeness (QED) is 0.220. The first-order chi connectivity index (χ1) is 13.1. The van der Waals surface area contributed by atoms with Crippen LogP contribution in [0.5, 0.6) is 5.75 Å². The van der Waals surface area contributed by atoms with Gasteiger partial charge in [-0.15, -0.1) is 0 Å². The van der Waals surface area contributed by atoms with Crippen LogP contribution in [0.25, 0.3) is 0 Å². The van der Waals surface area contributed by atoms with Gasteiger partial charge in [-0.1, -0.05) is 103 Å². The Bertz CT molecular complexity index is 590. The Hall–Kier alpha value is -0.0700. The van der Waals surface area contributed by atoms with Crippen molar-refractivity contribution in [2.24, 2.45) is 0 Å². The molecule has 0 aliphatic rings. The third kappa shape index (κ3) is 14.0. The van der Waals surface area contributed by atoms with E-state index in [2.05, 4.69) is 6.92 Å². The van der Waals surface area contributed by atoms with Crippen molar-refractivity contribution in [3.63, 3.8) is 0 Å². The fourth-order valence-electron chi connectivity index (χ4n) is 3.25. The van der Waals surface area contributed by atoms with Crippen LogP contribution in [0.3, 0.4) is 0 Å². The van der Waals surface area contributed by atoms with Crippen molar-refractivity contribution in [1.29, 1.82) is 0 Å². The number of hydrogen-bond donors (Lipinski definition) is 0. The van der Waals surface area contributed by atoms with Gasteiger partial charge in [-0.05, 0) is 18.6 Å². The van der Waals surface area contributed by atoms with Crippen LogP contribution < -0.4 is 34.3 Å². The van der Waals surface area contributed by atoms with Crippen LogP contribution in [0.4, 0.5) is 0 Å². The summed E-state index contributed by atoms with van der Waals surface area (Å²) in [5.74, 6) is 0.169. The van der Waals surface area contributed by atoms with Crippen LogP contribution in [0.2, 0.25) is 0 Å². The molecule has 0 spiro atoms. The van der Waals surface area contributed by atoms with Crippen LogP contribution in [0, 0.1) is 0 Å². The van der Waals surface area contributed by atoms with Crippen molar-refractivity contribution in [2.75, 3.05) is 6.61 Å². The molecular formula is C22H37NaO4S. The monoisotopic (exact) mass is 420 g/mol. The molecule has 0 fully saturated rings. The molecule has 0 saturated carbocycles. The Kier molecular flexibility index (Phi) is 17.7. The molecular weight excluding hydrogens is 383 g/mol. The van der Waals surface area contributed by atoms with Crippen molar-refractivity contribution in [1.82, 2.24) is 0 Å². The maximum Gasteiger partial charge on any atom is 1.00 e. The molecule has 0 aliphatic heterocycles. The van der Waals surface area contributed by atoms with Crippen molar-refractivity contribution < 1.29 is 47.3 Å². The van der Waals surface area contributed by atoms with Crippen molar-refractivity contribution in [3.8, 4) is 5.75 Å². The minimum Gasteiger partial charge on any atom is -0.744 e. The SMILES string of the molecule is CCCCCCCCCCCCCCCCOc1ccccc1S(=O)(=O)[O-].[Na+]. The summed E-state index contributed by atoms with van der Waals surface area (Å²) in [5, 5.41) is 0. The minimum atomic E-state index is -4.48. The molecule has 0 N–H and O–H groups in total. The fourth-order valence-corrected chi connectivity index (χ4v) is 3.87. The van der Waals surface area contributed by atoms with E-state index in [0.717, 1.165) is 12.8 Å². The van der Waals surface area contributed by atoms with Gasteiger partial charge in [-0.25, -0.2) is 8.42 Å². The summed E-state index contributed by atoms with van der Waals surface area (Å²) in [6.45, 7) is 2.71. The third-order valence-corrected chi connectivity index (χ3v) is 5.75. The summed E-state index contributed by atoms with van der Waals surface area (Å²) in [6.07, 6.45) is 18.1. The third-order valence-electron chi connectivity index (χ3n) is 4.87. The first-order valence-corrected chi connectivity index (χ1v) is 12.1. The zero-order chi connectivity index (χ0) is 19.8. The van der Waals surface area contributed by atoms with Gasteiger partial charge in [0.1, 0.15) is 15.9 Å². The van der Waals surface area contributed by atoms with E-state index in [0.29, 0.717) is 6.61 Å². The van der Waals surface area contributed by atoms with Crippen LogP contribution in [-0.2, 0) is 10.1 Å². The van der Waals surface area contributed by atoms with E-state index in [4.69, 9.17) is 4.74 Å². The van der Waals surface area contributed by atoms with Crippen LogP contribution >= 0.6 is 0 Å². The average molecular weight is 421 g/mol. The number of rotatable bonds is 17. The number of unbranched alkanes of at least 4 members (excludes halogenated alkanes) is 13. The van der Waals surface area contributed by atoms with E-state index in [1.165, 1.54) is 95.2 Å². The molecule has 0 unspecified atom stereocenters. The topological polar surface area (TPSA) is 66.4 Å². The fraction of sp³-hybridized carbons (Fsp3) is 0.727. The summed E-state index contributed by atoms with van der Waals surface area (Å²) < 4.78 is 39.0. The van der Waals surface area contributed by atoms with Gasteiger partial charge >= 0.3 is 29.6 Å². The summed E-state index contributed by atoms with van der Waals surface area (Å²) in [5.41, 5.74) is 0. The Morgan fingerprint density at radius 2 is 1.18 bits per heavy atom. The molecule has 1 aromatic carbocycles. The van der Waals surface area contributed by atoms with Gasteiger partial charge in [0.15, 0.2) is 0 Å². The number of para-hydroxylation sites is 1. The molecule has 0 saturated heterocycles. The maximum absolute atomic E-state index is 11.2. The normalized spacial score (nSPS) is 11.2. The summed E-state index contributed by atoms with van der Waals surface area (Å²) in [4.78, 5) is -0.268. The summed E-state index contributed by atoms with van der Waals surface area (Å²) >= 11 is 0. The largest absolute Gasteiger partial charge is 1.00 e. The van der Waals surface area contributed by atoms with E-state index in [-0.39, 0.29) is 40.2 Å². The maximum atomic E-state index is 11.2. The molecule has 28 heavy (non-hydrogen) atoms. The van der Waals surface area contributed by atoms with Gasteiger partial charge in [-0.2, -0.15) is 0 Å². The first-order valence-electron chi connectivity index (χ1n) is 10.7. The molecule has 6 heteroatoms. The van der Waals surface area contributed by atoms with Gasteiger partial charge in [0.25, 0.3) is 0 Å².